The number of nitrogen functional groups attached to an aromatic ring is 1. The molecule has 1 aliphatic rings. The van der Waals surface area contributed by atoms with Crippen LogP contribution in [-0.4, -0.2) is 47.0 Å². The van der Waals surface area contributed by atoms with Gasteiger partial charge in [0.15, 0.2) is 10.9 Å². The van der Waals surface area contributed by atoms with Gasteiger partial charge in [-0.1, -0.05) is 29.5 Å². The smallest absolute Gasteiger partial charge is 0.246 e. The average molecular weight is 504 g/mol. The van der Waals surface area contributed by atoms with Gasteiger partial charge in [0.2, 0.25) is 5.91 Å². The van der Waals surface area contributed by atoms with E-state index in [1.807, 2.05) is 4.90 Å². The minimum atomic E-state index is -1.00. The SMILES string of the molecule is C=CC(=O)N1CCN(c2ccnc3c(F)c(-c4c(F)cc(F)c5sc(N)nc45)c(Cl)cc23)CC1. The first-order chi connectivity index (χ1) is 16.3. The maximum absolute atomic E-state index is 15.8. The second-order valence-corrected chi connectivity index (χ2v) is 9.17. The molecule has 174 valence electrons. The van der Waals surface area contributed by atoms with E-state index >= 15 is 4.39 Å². The fourth-order valence-electron chi connectivity index (χ4n) is 4.27. The molecule has 0 unspecified atom stereocenters. The number of thiazole rings is 1. The van der Waals surface area contributed by atoms with Crippen LogP contribution in [0.3, 0.4) is 0 Å². The van der Waals surface area contributed by atoms with Crippen LogP contribution in [0.1, 0.15) is 0 Å². The van der Waals surface area contributed by atoms with Gasteiger partial charge in [-0.2, -0.15) is 0 Å². The number of benzene rings is 2. The van der Waals surface area contributed by atoms with Crippen LogP contribution in [0.4, 0.5) is 24.0 Å². The molecule has 1 amide bonds. The highest BCUT2D eigenvalue weighted by Gasteiger charge is 2.27. The second kappa shape index (κ2) is 8.44. The van der Waals surface area contributed by atoms with Crippen LogP contribution >= 0.6 is 22.9 Å². The minimum absolute atomic E-state index is 0.0121. The van der Waals surface area contributed by atoms with Crippen LogP contribution < -0.4 is 10.6 Å². The van der Waals surface area contributed by atoms with Crippen LogP contribution in [0.15, 0.2) is 37.1 Å². The number of piperazine rings is 1. The van der Waals surface area contributed by atoms with E-state index in [-0.39, 0.29) is 42.9 Å². The Balaban J connectivity index is 1.64. The van der Waals surface area contributed by atoms with Crippen molar-refractivity contribution >= 4 is 60.8 Å². The molecule has 34 heavy (non-hydrogen) atoms. The Morgan fingerprint density at radius 2 is 1.85 bits per heavy atom. The highest BCUT2D eigenvalue weighted by Crippen LogP contribution is 2.43. The van der Waals surface area contributed by atoms with Gasteiger partial charge in [0.1, 0.15) is 17.2 Å². The summed E-state index contributed by atoms with van der Waals surface area (Å²) in [6.07, 6.45) is 2.73. The summed E-state index contributed by atoms with van der Waals surface area (Å²) in [5.41, 5.74) is 5.76. The number of carbonyl (C=O) groups is 1. The quantitative estimate of drug-likeness (QED) is 0.398. The first-order valence-electron chi connectivity index (χ1n) is 10.3. The van der Waals surface area contributed by atoms with Crippen LogP contribution in [-0.2, 0) is 4.79 Å². The molecule has 1 fully saturated rings. The monoisotopic (exact) mass is 503 g/mol. The lowest BCUT2D eigenvalue weighted by atomic mass is 9.99. The molecule has 0 bridgehead atoms. The second-order valence-electron chi connectivity index (χ2n) is 7.74. The summed E-state index contributed by atoms with van der Waals surface area (Å²) < 4.78 is 45.1. The molecule has 0 spiro atoms. The van der Waals surface area contributed by atoms with Crippen LogP contribution in [0.5, 0.6) is 0 Å². The summed E-state index contributed by atoms with van der Waals surface area (Å²) in [6, 6.07) is 3.92. The van der Waals surface area contributed by atoms with Crippen LogP contribution in [0, 0.1) is 17.5 Å². The molecule has 0 saturated carbocycles. The summed E-state index contributed by atoms with van der Waals surface area (Å²) in [5, 5.41) is 0.388. The number of hydrogen-bond acceptors (Lipinski definition) is 6. The Bertz CT molecular complexity index is 1480. The average Bonchev–Trinajstić information content (AvgIpc) is 3.22. The number of fused-ring (bicyclic) bond motifs is 2. The van der Waals surface area contributed by atoms with Crippen molar-refractivity contribution in [2.75, 3.05) is 36.8 Å². The van der Waals surface area contributed by atoms with Crippen molar-refractivity contribution in [3.63, 3.8) is 0 Å². The normalized spacial score (nSPS) is 14.2. The Morgan fingerprint density at radius 3 is 2.56 bits per heavy atom. The van der Waals surface area contributed by atoms with E-state index in [0.29, 0.717) is 43.3 Å². The lowest BCUT2D eigenvalue weighted by molar-refractivity contribution is -0.126. The Morgan fingerprint density at radius 1 is 1.12 bits per heavy atom. The Labute approximate surface area is 201 Å². The standard InChI is InChI=1S/C23H17ClF3N5OS/c1-2-16(33)32-7-5-31(6-8-32)15-3-4-29-20-11(15)9-12(24)17(19(20)27)18-13(25)10-14(26)22-21(18)30-23(28)34-22/h2-4,9-10H,1,5-8H2,(H2,28,30). The maximum Gasteiger partial charge on any atom is 0.246 e. The van der Waals surface area contributed by atoms with E-state index in [1.54, 1.807) is 11.0 Å². The van der Waals surface area contributed by atoms with Gasteiger partial charge in [-0.25, -0.2) is 18.2 Å². The minimum Gasteiger partial charge on any atom is -0.375 e. The van der Waals surface area contributed by atoms with E-state index in [1.165, 1.54) is 18.3 Å². The van der Waals surface area contributed by atoms with E-state index in [4.69, 9.17) is 17.3 Å². The third kappa shape index (κ3) is 3.54. The van der Waals surface area contributed by atoms with Crippen molar-refractivity contribution in [3.8, 4) is 11.1 Å². The fourth-order valence-corrected chi connectivity index (χ4v) is 5.31. The lowest BCUT2D eigenvalue weighted by Gasteiger charge is -2.36. The molecule has 0 atom stereocenters. The molecular weight excluding hydrogens is 487 g/mol. The number of amides is 1. The molecule has 2 N–H and O–H groups in total. The van der Waals surface area contributed by atoms with Crippen molar-refractivity contribution in [1.82, 2.24) is 14.9 Å². The number of carbonyl (C=O) groups excluding carboxylic acids is 1. The number of pyridine rings is 1. The highest BCUT2D eigenvalue weighted by molar-refractivity contribution is 7.22. The van der Waals surface area contributed by atoms with Crippen LogP contribution in [0.2, 0.25) is 5.02 Å². The van der Waals surface area contributed by atoms with Crippen molar-refractivity contribution in [1.29, 1.82) is 0 Å². The number of nitrogens with zero attached hydrogens (tertiary/aromatic N) is 4. The van der Waals surface area contributed by atoms with Gasteiger partial charge in [-0.3, -0.25) is 9.78 Å². The molecule has 11 heteroatoms. The van der Waals surface area contributed by atoms with Crippen molar-refractivity contribution < 1.29 is 18.0 Å². The maximum atomic E-state index is 15.8. The topological polar surface area (TPSA) is 75.4 Å². The van der Waals surface area contributed by atoms with E-state index < -0.39 is 17.5 Å². The number of nitrogens with two attached hydrogens (primary N) is 1. The Kier molecular flexibility index (Phi) is 5.57. The number of halogens is 4. The number of rotatable bonds is 3. The first-order valence-corrected chi connectivity index (χ1v) is 11.5. The van der Waals surface area contributed by atoms with E-state index in [0.717, 1.165) is 11.3 Å². The van der Waals surface area contributed by atoms with Crippen molar-refractivity contribution in [2.45, 2.75) is 0 Å². The molecule has 4 aromatic rings. The zero-order valence-electron chi connectivity index (χ0n) is 17.6. The van der Waals surface area contributed by atoms with Gasteiger partial charge < -0.3 is 15.5 Å². The third-order valence-electron chi connectivity index (χ3n) is 5.85. The third-order valence-corrected chi connectivity index (χ3v) is 7.04. The Hall–Kier alpha value is -3.37. The van der Waals surface area contributed by atoms with Gasteiger partial charge in [0, 0.05) is 60.6 Å². The predicted molar refractivity (Wildman–Crippen MR) is 129 cm³/mol. The van der Waals surface area contributed by atoms with E-state index in [9.17, 15) is 13.6 Å². The zero-order valence-corrected chi connectivity index (χ0v) is 19.2. The van der Waals surface area contributed by atoms with Gasteiger partial charge in [0.25, 0.3) is 0 Å². The summed E-state index contributed by atoms with van der Waals surface area (Å²) in [6.45, 7) is 5.51. The predicted octanol–water partition coefficient (Wildman–Crippen LogP) is 5.00. The lowest BCUT2D eigenvalue weighted by Crippen LogP contribution is -2.48. The summed E-state index contributed by atoms with van der Waals surface area (Å²) >= 11 is 7.33. The largest absolute Gasteiger partial charge is 0.375 e. The summed E-state index contributed by atoms with van der Waals surface area (Å²) in [5.74, 6) is -2.83. The molecule has 1 aliphatic heterocycles. The molecule has 2 aromatic carbocycles. The summed E-state index contributed by atoms with van der Waals surface area (Å²) in [4.78, 5) is 23.7. The zero-order chi connectivity index (χ0) is 24.1. The highest BCUT2D eigenvalue weighted by atomic mass is 35.5. The molecule has 5 rings (SSSR count). The van der Waals surface area contributed by atoms with Gasteiger partial charge >= 0.3 is 0 Å². The molecule has 1 saturated heterocycles. The number of aromatic nitrogens is 2. The molecule has 0 radical (unpaired) electrons. The molecule has 2 aromatic heterocycles. The fraction of sp³-hybridized carbons (Fsp3) is 0.174. The first kappa shape index (κ1) is 22.4. The molecular formula is C23H17ClF3N5OS. The summed E-state index contributed by atoms with van der Waals surface area (Å²) in [7, 11) is 0. The number of hydrogen-bond donors (Lipinski definition) is 1. The molecule has 3 heterocycles. The molecule has 6 nitrogen and oxygen atoms in total. The van der Waals surface area contributed by atoms with Crippen LogP contribution in [0.25, 0.3) is 32.2 Å². The van der Waals surface area contributed by atoms with Gasteiger partial charge in [0.05, 0.1) is 15.2 Å². The number of anilines is 2. The van der Waals surface area contributed by atoms with Crippen molar-refractivity contribution in [3.05, 3.63) is 59.5 Å². The van der Waals surface area contributed by atoms with Gasteiger partial charge in [-0.05, 0) is 18.2 Å². The molecule has 0 aliphatic carbocycles. The van der Waals surface area contributed by atoms with Crippen molar-refractivity contribution in [2.24, 2.45) is 0 Å². The van der Waals surface area contributed by atoms with E-state index in [2.05, 4.69) is 16.5 Å². The van der Waals surface area contributed by atoms with Gasteiger partial charge in [-0.15, -0.1) is 0 Å².